The Morgan fingerprint density at radius 1 is 1.11 bits per heavy atom. The van der Waals surface area contributed by atoms with Gasteiger partial charge >= 0.3 is 0 Å². The third kappa shape index (κ3) is 2.94. The van der Waals surface area contributed by atoms with Crippen LogP contribution in [-0.2, 0) is 13.1 Å². The molecule has 6 nitrogen and oxygen atoms in total. The van der Waals surface area contributed by atoms with Crippen molar-refractivity contribution in [3.05, 3.63) is 64.7 Å². The summed E-state index contributed by atoms with van der Waals surface area (Å²) < 4.78 is 16.3. The lowest BCUT2D eigenvalue weighted by Crippen LogP contribution is -2.38. The molecule has 0 radical (unpaired) electrons. The van der Waals surface area contributed by atoms with Crippen molar-refractivity contribution in [2.45, 2.75) is 13.1 Å². The Bertz CT molecular complexity index is 1200. The summed E-state index contributed by atoms with van der Waals surface area (Å²) in [6.45, 7) is 1.48. The molecule has 0 saturated carbocycles. The minimum atomic E-state index is -0.316. The SMILES string of the molecule is O=C(c1ccc(Cl)cc1)N1CCn2c(nnc2-c2nc3cc(F)ccc3s2)C1. The van der Waals surface area contributed by atoms with Gasteiger partial charge in [0.15, 0.2) is 16.7 Å². The van der Waals surface area contributed by atoms with Crippen LogP contribution < -0.4 is 0 Å². The molecule has 2 aromatic carbocycles. The molecule has 1 amide bonds. The molecule has 0 spiro atoms. The van der Waals surface area contributed by atoms with E-state index in [1.165, 1.54) is 23.5 Å². The topological polar surface area (TPSA) is 63.9 Å². The van der Waals surface area contributed by atoms with Gasteiger partial charge in [-0.05, 0) is 36.4 Å². The van der Waals surface area contributed by atoms with E-state index in [9.17, 15) is 9.18 Å². The molecule has 0 unspecified atom stereocenters. The molecule has 0 bridgehead atoms. The number of fused-ring (bicyclic) bond motifs is 2. The molecule has 5 rings (SSSR count). The molecule has 140 valence electrons. The number of carbonyl (C=O) groups excluding carboxylic acids is 1. The molecule has 9 heteroatoms. The molecular weight excluding hydrogens is 401 g/mol. The Hall–Kier alpha value is -2.84. The molecule has 0 aliphatic carbocycles. The van der Waals surface area contributed by atoms with Crippen LogP contribution in [0.25, 0.3) is 21.0 Å². The van der Waals surface area contributed by atoms with E-state index in [-0.39, 0.29) is 11.7 Å². The standard InChI is InChI=1S/C19H13ClFN5OS/c20-12-3-1-11(2-4-12)19(27)25-7-8-26-16(10-25)23-24-17(26)18-22-14-9-13(21)5-6-15(14)28-18/h1-6,9H,7-8,10H2. The highest BCUT2D eigenvalue weighted by Crippen LogP contribution is 2.31. The van der Waals surface area contributed by atoms with Crippen LogP contribution in [0.2, 0.25) is 5.02 Å². The third-order valence-corrected chi connectivity index (χ3v) is 5.96. The molecule has 4 aromatic rings. The lowest BCUT2D eigenvalue weighted by molar-refractivity contribution is 0.0708. The van der Waals surface area contributed by atoms with Gasteiger partial charge < -0.3 is 9.47 Å². The summed E-state index contributed by atoms with van der Waals surface area (Å²) >= 11 is 7.34. The van der Waals surface area contributed by atoms with Crippen LogP contribution in [0.1, 0.15) is 16.2 Å². The zero-order valence-electron chi connectivity index (χ0n) is 14.5. The Morgan fingerprint density at radius 2 is 1.93 bits per heavy atom. The molecule has 1 aliphatic rings. The number of rotatable bonds is 2. The van der Waals surface area contributed by atoms with Crippen LogP contribution in [0.4, 0.5) is 4.39 Å². The van der Waals surface area contributed by atoms with Gasteiger partial charge in [0.05, 0.1) is 16.8 Å². The number of hydrogen-bond donors (Lipinski definition) is 0. The van der Waals surface area contributed by atoms with Crippen molar-refractivity contribution >= 4 is 39.1 Å². The van der Waals surface area contributed by atoms with Gasteiger partial charge in [0.25, 0.3) is 5.91 Å². The summed E-state index contributed by atoms with van der Waals surface area (Å²) in [7, 11) is 0. The summed E-state index contributed by atoms with van der Waals surface area (Å²) in [5.74, 6) is 0.969. The quantitative estimate of drug-likeness (QED) is 0.498. The molecule has 0 atom stereocenters. The predicted octanol–water partition coefficient (Wildman–Crippen LogP) is 4.00. The monoisotopic (exact) mass is 413 g/mol. The summed E-state index contributed by atoms with van der Waals surface area (Å²) in [6.07, 6.45) is 0. The number of benzene rings is 2. The van der Waals surface area contributed by atoms with Crippen molar-refractivity contribution in [1.29, 1.82) is 0 Å². The maximum atomic E-state index is 13.4. The largest absolute Gasteiger partial charge is 0.329 e. The van der Waals surface area contributed by atoms with Crippen molar-refractivity contribution in [2.24, 2.45) is 0 Å². The first kappa shape index (κ1) is 17.3. The first-order valence-electron chi connectivity index (χ1n) is 8.62. The van der Waals surface area contributed by atoms with Crippen LogP contribution in [0, 0.1) is 5.82 Å². The van der Waals surface area contributed by atoms with Gasteiger partial charge in [0, 0.05) is 29.7 Å². The van der Waals surface area contributed by atoms with E-state index < -0.39 is 0 Å². The number of nitrogens with zero attached hydrogens (tertiary/aromatic N) is 5. The maximum absolute atomic E-state index is 13.4. The number of carbonyl (C=O) groups is 1. The Balaban J connectivity index is 1.43. The number of hydrogen-bond acceptors (Lipinski definition) is 5. The third-order valence-electron chi connectivity index (χ3n) is 4.67. The highest BCUT2D eigenvalue weighted by Gasteiger charge is 2.26. The minimum Gasteiger partial charge on any atom is -0.329 e. The first-order valence-corrected chi connectivity index (χ1v) is 9.81. The molecule has 0 N–H and O–H groups in total. The molecule has 28 heavy (non-hydrogen) atoms. The van der Waals surface area contributed by atoms with Gasteiger partial charge in [0.1, 0.15) is 5.82 Å². The normalized spacial score (nSPS) is 13.7. The second kappa shape index (κ2) is 6.65. The van der Waals surface area contributed by atoms with E-state index in [1.807, 2.05) is 4.57 Å². The molecule has 0 saturated heterocycles. The fourth-order valence-corrected chi connectivity index (χ4v) is 4.33. The fraction of sp³-hybridized carbons (Fsp3) is 0.158. The van der Waals surface area contributed by atoms with Crippen LogP contribution in [0.3, 0.4) is 0 Å². The zero-order chi connectivity index (χ0) is 19.3. The number of thiazole rings is 1. The second-order valence-corrected chi connectivity index (χ2v) is 7.92. The molecule has 2 aromatic heterocycles. The van der Waals surface area contributed by atoms with Gasteiger partial charge in [-0.3, -0.25) is 4.79 Å². The van der Waals surface area contributed by atoms with Crippen molar-refractivity contribution in [3.8, 4) is 10.8 Å². The molecule has 3 heterocycles. The van der Waals surface area contributed by atoms with Crippen molar-refractivity contribution in [2.75, 3.05) is 6.54 Å². The maximum Gasteiger partial charge on any atom is 0.254 e. The van der Waals surface area contributed by atoms with Crippen LogP contribution in [0.5, 0.6) is 0 Å². The number of aromatic nitrogens is 4. The van der Waals surface area contributed by atoms with Gasteiger partial charge in [-0.25, -0.2) is 9.37 Å². The summed E-state index contributed by atoms with van der Waals surface area (Å²) in [4.78, 5) is 19.0. The summed E-state index contributed by atoms with van der Waals surface area (Å²) in [5, 5.41) is 9.81. The number of amides is 1. The van der Waals surface area contributed by atoms with Gasteiger partial charge in [-0.15, -0.1) is 21.5 Å². The lowest BCUT2D eigenvalue weighted by Gasteiger charge is -2.27. The van der Waals surface area contributed by atoms with Gasteiger partial charge in [0.2, 0.25) is 0 Å². The Morgan fingerprint density at radius 3 is 2.75 bits per heavy atom. The molecule has 1 aliphatic heterocycles. The zero-order valence-corrected chi connectivity index (χ0v) is 16.0. The first-order chi connectivity index (χ1) is 13.6. The smallest absolute Gasteiger partial charge is 0.254 e. The van der Waals surface area contributed by atoms with Gasteiger partial charge in [-0.1, -0.05) is 11.6 Å². The highest BCUT2D eigenvalue weighted by molar-refractivity contribution is 7.21. The van der Waals surface area contributed by atoms with Crippen molar-refractivity contribution < 1.29 is 9.18 Å². The number of halogens is 2. The van der Waals surface area contributed by atoms with Crippen molar-refractivity contribution in [3.63, 3.8) is 0 Å². The van der Waals surface area contributed by atoms with E-state index >= 15 is 0 Å². The van der Waals surface area contributed by atoms with Crippen LogP contribution in [-0.4, -0.2) is 37.1 Å². The van der Waals surface area contributed by atoms with Crippen LogP contribution in [0.15, 0.2) is 42.5 Å². The molecular formula is C19H13ClFN5OS. The van der Waals surface area contributed by atoms with E-state index in [0.717, 1.165) is 4.70 Å². The average Bonchev–Trinajstić information content (AvgIpc) is 3.30. The van der Waals surface area contributed by atoms with Crippen molar-refractivity contribution in [1.82, 2.24) is 24.6 Å². The highest BCUT2D eigenvalue weighted by atomic mass is 35.5. The molecule has 0 fully saturated rings. The predicted molar refractivity (Wildman–Crippen MR) is 105 cm³/mol. The Kier molecular flexibility index (Phi) is 4.10. The van der Waals surface area contributed by atoms with E-state index in [2.05, 4.69) is 15.2 Å². The van der Waals surface area contributed by atoms with E-state index in [1.54, 1.807) is 35.2 Å². The Labute approximate surface area is 168 Å². The fourth-order valence-electron chi connectivity index (χ4n) is 3.26. The lowest BCUT2D eigenvalue weighted by atomic mass is 10.2. The van der Waals surface area contributed by atoms with E-state index in [4.69, 9.17) is 11.6 Å². The summed E-state index contributed by atoms with van der Waals surface area (Å²) in [5.41, 5.74) is 1.19. The average molecular weight is 414 g/mol. The second-order valence-electron chi connectivity index (χ2n) is 6.46. The van der Waals surface area contributed by atoms with Crippen LogP contribution >= 0.6 is 22.9 Å². The van der Waals surface area contributed by atoms with E-state index in [0.29, 0.717) is 52.4 Å². The minimum absolute atomic E-state index is 0.0667. The summed E-state index contributed by atoms with van der Waals surface area (Å²) in [6, 6.07) is 11.4. The van der Waals surface area contributed by atoms with Gasteiger partial charge in [-0.2, -0.15) is 0 Å².